The van der Waals surface area contributed by atoms with Gasteiger partial charge in [-0.15, -0.1) is 11.6 Å². The molecular weight excluding hydrogens is 252 g/mol. The highest BCUT2D eigenvalue weighted by Crippen LogP contribution is 2.22. The lowest BCUT2D eigenvalue weighted by molar-refractivity contribution is 0.522. The van der Waals surface area contributed by atoms with E-state index in [1.54, 1.807) is 11.9 Å². The van der Waals surface area contributed by atoms with Crippen LogP contribution in [0.15, 0.2) is 10.7 Å². The molecular formula is C9H13ClN2O3S. The number of oxazole rings is 1. The molecule has 16 heavy (non-hydrogen) atoms. The van der Waals surface area contributed by atoms with Crippen LogP contribution in [0.2, 0.25) is 0 Å². The van der Waals surface area contributed by atoms with Crippen LogP contribution in [-0.2, 0) is 15.7 Å². The summed E-state index contributed by atoms with van der Waals surface area (Å²) in [5.41, 5.74) is 0.657. The molecule has 1 fully saturated rings. The predicted molar refractivity (Wildman–Crippen MR) is 61.5 cm³/mol. The lowest BCUT2D eigenvalue weighted by Crippen LogP contribution is -2.32. The molecule has 2 rings (SSSR count). The van der Waals surface area contributed by atoms with Gasteiger partial charge in [-0.25, -0.2) is 8.42 Å². The van der Waals surface area contributed by atoms with Gasteiger partial charge in [0.1, 0.15) is 6.26 Å². The molecule has 0 aliphatic carbocycles. The van der Waals surface area contributed by atoms with E-state index in [0.29, 0.717) is 24.0 Å². The first-order valence-corrected chi connectivity index (χ1v) is 7.31. The zero-order valence-electron chi connectivity index (χ0n) is 8.89. The summed E-state index contributed by atoms with van der Waals surface area (Å²) < 4.78 is 27.9. The predicted octanol–water partition coefficient (Wildman–Crippen LogP) is 1.04. The summed E-state index contributed by atoms with van der Waals surface area (Å²) in [6.07, 6.45) is 2.11. The minimum atomic E-state index is -2.88. The molecule has 2 heterocycles. The van der Waals surface area contributed by atoms with E-state index in [1.165, 1.54) is 6.26 Å². The van der Waals surface area contributed by atoms with Gasteiger partial charge in [0.25, 0.3) is 6.01 Å². The second-order valence-corrected chi connectivity index (χ2v) is 6.42. The first kappa shape index (κ1) is 11.7. The molecule has 0 aromatic carbocycles. The average Bonchev–Trinajstić information content (AvgIpc) is 2.83. The maximum atomic E-state index is 11.3. The number of hydrogen-bond donors (Lipinski definition) is 0. The van der Waals surface area contributed by atoms with Gasteiger partial charge in [0.15, 0.2) is 9.84 Å². The van der Waals surface area contributed by atoms with Crippen LogP contribution in [0.5, 0.6) is 0 Å². The monoisotopic (exact) mass is 264 g/mol. The Hall–Kier alpha value is -0.750. The maximum Gasteiger partial charge on any atom is 0.297 e. The Morgan fingerprint density at radius 1 is 1.69 bits per heavy atom. The second-order valence-electron chi connectivity index (χ2n) is 3.92. The van der Waals surface area contributed by atoms with Crippen molar-refractivity contribution in [1.29, 1.82) is 0 Å². The van der Waals surface area contributed by atoms with Gasteiger partial charge >= 0.3 is 0 Å². The highest BCUT2D eigenvalue weighted by molar-refractivity contribution is 7.91. The third-order valence-electron chi connectivity index (χ3n) is 2.73. The van der Waals surface area contributed by atoms with Crippen LogP contribution < -0.4 is 4.90 Å². The molecule has 1 aromatic rings. The van der Waals surface area contributed by atoms with E-state index >= 15 is 0 Å². The molecule has 0 bridgehead atoms. The van der Waals surface area contributed by atoms with Gasteiger partial charge in [0.2, 0.25) is 0 Å². The lowest BCUT2D eigenvalue weighted by Gasteiger charge is -2.20. The van der Waals surface area contributed by atoms with E-state index in [1.807, 2.05) is 0 Å². The van der Waals surface area contributed by atoms with Crippen molar-refractivity contribution in [3.63, 3.8) is 0 Å². The van der Waals surface area contributed by atoms with E-state index < -0.39 is 9.84 Å². The molecule has 0 radical (unpaired) electrons. The van der Waals surface area contributed by atoms with Crippen molar-refractivity contribution < 1.29 is 12.8 Å². The Kier molecular flexibility index (Phi) is 3.12. The average molecular weight is 265 g/mol. The van der Waals surface area contributed by atoms with Gasteiger partial charge in [0, 0.05) is 13.1 Å². The van der Waals surface area contributed by atoms with Crippen LogP contribution in [0.25, 0.3) is 0 Å². The molecule has 0 saturated carbocycles. The van der Waals surface area contributed by atoms with Gasteiger partial charge in [0.05, 0.1) is 23.1 Å². The largest absolute Gasteiger partial charge is 0.432 e. The summed E-state index contributed by atoms with van der Waals surface area (Å²) in [5, 5.41) is 0. The maximum absolute atomic E-state index is 11.3. The summed E-state index contributed by atoms with van der Waals surface area (Å²) in [6, 6.07) is 0.379. The molecule has 1 unspecified atom stereocenters. The minimum Gasteiger partial charge on any atom is -0.432 e. The van der Waals surface area contributed by atoms with E-state index in [-0.39, 0.29) is 17.5 Å². The van der Waals surface area contributed by atoms with Crippen LogP contribution in [0, 0.1) is 0 Å². The molecule has 1 aromatic heterocycles. The summed E-state index contributed by atoms with van der Waals surface area (Å²) in [6.45, 7) is 0. The number of halogens is 1. The Bertz CT molecular complexity index is 471. The Morgan fingerprint density at radius 3 is 2.94 bits per heavy atom. The first-order valence-electron chi connectivity index (χ1n) is 4.95. The highest BCUT2D eigenvalue weighted by atomic mass is 35.5. The van der Waals surface area contributed by atoms with Crippen molar-refractivity contribution in [3.05, 3.63) is 12.0 Å². The fraction of sp³-hybridized carbons (Fsp3) is 0.667. The number of hydrogen-bond acceptors (Lipinski definition) is 5. The molecule has 0 spiro atoms. The van der Waals surface area contributed by atoms with Gasteiger partial charge in [-0.1, -0.05) is 0 Å². The topological polar surface area (TPSA) is 63.4 Å². The zero-order valence-corrected chi connectivity index (χ0v) is 10.5. The van der Waals surface area contributed by atoms with Crippen LogP contribution in [0.4, 0.5) is 6.01 Å². The van der Waals surface area contributed by atoms with Crippen LogP contribution in [0.1, 0.15) is 12.1 Å². The van der Waals surface area contributed by atoms with Crippen molar-refractivity contribution in [2.45, 2.75) is 18.3 Å². The van der Waals surface area contributed by atoms with Crippen LogP contribution >= 0.6 is 11.6 Å². The van der Waals surface area contributed by atoms with Gasteiger partial charge in [-0.3, -0.25) is 0 Å². The SMILES string of the molecule is CN(c1nc(CCl)co1)C1CCS(=O)(=O)C1. The fourth-order valence-corrected chi connectivity index (χ4v) is 3.65. The normalized spacial score (nSPS) is 23.5. The number of anilines is 1. The quantitative estimate of drug-likeness (QED) is 0.763. The highest BCUT2D eigenvalue weighted by Gasteiger charge is 2.32. The fourth-order valence-electron chi connectivity index (χ4n) is 1.76. The lowest BCUT2D eigenvalue weighted by atomic mass is 10.2. The van der Waals surface area contributed by atoms with Crippen molar-refractivity contribution in [2.75, 3.05) is 23.5 Å². The molecule has 5 nitrogen and oxygen atoms in total. The molecule has 90 valence electrons. The van der Waals surface area contributed by atoms with E-state index in [9.17, 15) is 8.42 Å². The molecule has 1 aliphatic heterocycles. The minimum absolute atomic E-state index is 0.0492. The third kappa shape index (κ3) is 2.32. The Balaban J connectivity index is 2.11. The summed E-state index contributed by atoms with van der Waals surface area (Å²) in [7, 11) is -1.10. The summed E-state index contributed by atoms with van der Waals surface area (Å²) in [4.78, 5) is 5.92. The van der Waals surface area contributed by atoms with Gasteiger partial charge in [-0.05, 0) is 6.42 Å². The molecule has 1 saturated heterocycles. The zero-order chi connectivity index (χ0) is 11.8. The van der Waals surface area contributed by atoms with E-state index in [4.69, 9.17) is 16.0 Å². The summed E-state index contributed by atoms with van der Waals surface area (Å²) >= 11 is 5.61. The summed E-state index contributed by atoms with van der Waals surface area (Å²) in [5.74, 6) is 0.702. The molecule has 0 N–H and O–H groups in total. The van der Waals surface area contributed by atoms with Gasteiger partial charge in [-0.2, -0.15) is 4.98 Å². The van der Waals surface area contributed by atoms with E-state index in [0.717, 1.165) is 0 Å². The molecule has 7 heteroatoms. The standard InChI is InChI=1S/C9H13ClN2O3S/c1-12(8-2-3-16(13,14)6-8)9-11-7(4-10)5-15-9/h5,8H,2-4,6H2,1H3. The Labute approximate surface area is 99.3 Å². The second kappa shape index (κ2) is 4.25. The first-order chi connectivity index (χ1) is 7.52. The Morgan fingerprint density at radius 2 is 2.44 bits per heavy atom. The molecule has 0 amide bonds. The molecule has 1 aliphatic rings. The number of alkyl halides is 1. The number of nitrogens with zero attached hydrogens (tertiary/aromatic N) is 2. The molecule has 1 atom stereocenters. The van der Waals surface area contributed by atoms with Gasteiger partial charge < -0.3 is 9.32 Å². The van der Waals surface area contributed by atoms with Crippen molar-refractivity contribution in [3.8, 4) is 0 Å². The smallest absolute Gasteiger partial charge is 0.297 e. The van der Waals surface area contributed by atoms with Crippen LogP contribution in [0.3, 0.4) is 0 Å². The van der Waals surface area contributed by atoms with E-state index in [2.05, 4.69) is 4.98 Å². The van der Waals surface area contributed by atoms with Crippen LogP contribution in [-0.4, -0.2) is 38.0 Å². The van der Waals surface area contributed by atoms with Crippen molar-refractivity contribution in [1.82, 2.24) is 4.98 Å². The number of aromatic nitrogens is 1. The van der Waals surface area contributed by atoms with Crippen molar-refractivity contribution >= 4 is 27.5 Å². The number of sulfone groups is 1. The van der Waals surface area contributed by atoms with Crippen molar-refractivity contribution in [2.24, 2.45) is 0 Å². The number of rotatable bonds is 3. The third-order valence-corrected chi connectivity index (χ3v) is 4.76.